The summed E-state index contributed by atoms with van der Waals surface area (Å²) in [5, 5.41) is 13.5. The number of aliphatic hydroxyl groups excluding tert-OH is 1. The largest absolute Gasteiger partial charge is 0.393 e. The molecule has 4 atom stereocenters. The fraction of sp³-hybridized carbons (Fsp3) is 1.00. The van der Waals surface area contributed by atoms with E-state index in [-0.39, 0.29) is 11.5 Å². The summed E-state index contributed by atoms with van der Waals surface area (Å²) in [6, 6.07) is 0.689. The van der Waals surface area contributed by atoms with E-state index in [1.165, 1.54) is 25.7 Å². The van der Waals surface area contributed by atoms with E-state index in [1.54, 1.807) is 0 Å². The molecule has 0 radical (unpaired) electrons. The normalized spacial score (nSPS) is 31.3. The number of hydrogen-bond donors (Lipinski definition) is 2. The number of rotatable bonds is 6. The van der Waals surface area contributed by atoms with E-state index in [2.05, 4.69) is 26.1 Å². The van der Waals surface area contributed by atoms with Crippen molar-refractivity contribution in [3.63, 3.8) is 0 Å². The molecule has 2 nitrogen and oxygen atoms in total. The molecular formula is C14H29NO. The van der Waals surface area contributed by atoms with Gasteiger partial charge in [-0.25, -0.2) is 0 Å². The van der Waals surface area contributed by atoms with Gasteiger partial charge >= 0.3 is 0 Å². The average Bonchev–Trinajstić information content (AvgIpc) is 2.73. The van der Waals surface area contributed by atoms with Gasteiger partial charge in [0.15, 0.2) is 0 Å². The Bertz CT molecular complexity index is 205. The van der Waals surface area contributed by atoms with E-state index in [0.717, 1.165) is 18.9 Å². The van der Waals surface area contributed by atoms with Crippen LogP contribution < -0.4 is 5.32 Å². The predicted octanol–water partition coefficient (Wildman–Crippen LogP) is 2.95. The Kier molecular flexibility index (Phi) is 5.26. The average molecular weight is 227 g/mol. The molecule has 0 aliphatic heterocycles. The van der Waals surface area contributed by atoms with Crippen LogP contribution in [0.25, 0.3) is 0 Å². The summed E-state index contributed by atoms with van der Waals surface area (Å²) < 4.78 is 0. The third-order valence-electron chi connectivity index (χ3n) is 4.73. The zero-order valence-corrected chi connectivity index (χ0v) is 11.4. The van der Waals surface area contributed by atoms with Crippen molar-refractivity contribution in [3.8, 4) is 0 Å². The lowest BCUT2D eigenvalue weighted by molar-refractivity contribution is 0.0470. The summed E-state index contributed by atoms with van der Waals surface area (Å²) in [7, 11) is 0. The minimum Gasteiger partial charge on any atom is -0.393 e. The summed E-state index contributed by atoms with van der Waals surface area (Å²) in [5.41, 5.74) is 0.0320. The van der Waals surface area contributed by atoms with Gasteiger partial charge in [-0.2, -0.15) is 0 Å². The zero-order chi connectivity index (χ0) is 12.2. The van der Waals surface area contributed by atoms with Gasteiger partial charge < -0.3 is 10.4 Å². The molecule has 0 aromatic heterocycles. The molecule has 0 aromatic rings. The quantitative estimate of drug-likeness (QED) is 0.731. The molecule has 1 fully saturated rings. The zero-order valence-electron chi connectivity index (χ0n) is 11.4. The SMILES string of the molecule is CCC1CCC(NCC(C)(CC)C(C)O)C1. The number of aliphatic hydroxyl groups is 1. The Labute approximate surface area is 101 Å². The van der Waals surface area contributed by atoms with Gasteiger partial charge in [-0.1, -0.05) is 27.2 Å². The first kappa shape index (κ1) is 14.0. The van der Waals surface area contributed by atoms with Gasteiger partial charge in [-0.3, -0.25) is 0 Å². The van der Waals surface area contributed by atoms with Gasteiger partial charge in [0.25, 0.3) is 0 Å². The molecule has 0 saturated heterocycles. The first-order chi connectivity index (χ1) is 7.51. The van der Waals surface area contributed by atoms with Gasteiger partial charge in [0, 0.05) is 18.0 Å². The van der Waals surface area contributed by atoms with Crippen LogP contribution >= 0.6 is 0 Å². The van der Waals surface area contributed by atoms with Crippen LogP contribution in [0.5, 0.6) is 0 Å². The van der Waals surface area contributed by atoms with Gasteiger partial charge in [0.05, 0.1) is 6.10 Å². The van der Waals surface area contributed by atoms with E-state index >= 15 is 0 Å². The van der Waals surface area contributed by atoms with Crippen molar-refractivity contribution in [2.75, 3.05) is 6.54 Å². The van der Waals surface area contributed by atoms with Crippen LogP contribution in [-0.4, -0.2) is 23.8 Å². The highest BCUT2D eigenvalue weighted by molar-refractivity contribution is 4.85. The molecule has 96 valence electrons. The smallest absolute Gasteiger partial charge is 0.0577 e. The first-order valence-electron chi connectivity index (χ1n) is 6.93. The van der Waals surface area contributed by atoms with Crippen molar-refractivity contribution < 1.29 is 5.11 Å². The molecule has 0 spiro atoms. The molecule has 1 aliphatic carbocycles. The van der Waals surface area contributed by atoms with E-state index in [1.807, 2.05) is 6.92 Å². The number of nitrogens with one attached hydrogen (secondary N) is 1. The maximum atomic E-state index is 9.80. The van der Waals surface area contributed by atoms with E-state index in [4.69, 9.17) is 0 Å². The summed E-state index contributed by atoms with van der Waals surface area (Å²) in [5.74, 6) is 0.928. The van der Waals surface area contributed by atoms with Crippen LogP contribution in [0.15, 0.2) is 0 Å². The lowest BCUT2D eigenvalue weighted by Gasteiger charge is -2.33. The summed E-state index contributed by atoms with van der Waals surface area (Å²) in [6.07, 6.45) is 6.15. The number of hydrogen-bond acceptors (Lipinski definition) is 2. The Morgan fingerprint density at radius 2 is 2.06 bits per heavy atom. The minimum absolute atomic E-state index is 0.0320. The van der Waals surface area contributed by atoms with Crippen molar-refractivity contribution in [1.82, 2.24) is 5.32 Å². The maximum Gasteiger partial charge on any atom is 0.0577 e. The maximum absolute atomic E-state index is 9.80. The second-order valence-corrected chi connectivity index (χ2v) is 5.85. The molecule has 2 heteroatoms. The lowest BCUT2D eigenvalue weighted by Crippen LogP contribution is -2.42. The van der Waals surface area contributed by atoms with E-state index in [9.17, 15) is 5.11 Å². The van der Waals surface area contributed by atoms with Crippen molar-refractivity contribution in [3.05, 3.63) is 0 Å². The highest BCUT2D eigenvalue weighted by atomic mass is 16.3. The van der Waals surface area contributed by atoms with Gasteiger partial charge in [-0.05, 0) is 38.5 Å². The van der Waals surface area contributed by atoms with E-state index in [0.29, 0.717) is 6.04 Å². The molecule has 0 aromatic carbocycles. The Morgan fingerprint density at radius 3 is 2.50 bits per heavy atom. The van der Waals surface area contributed by atoms with Crippen LogP contribution in [0.2, 0.25) is 0 Å². The molecule has 16 heavy (non-hydrogen) atoms. The minimum atomic E-state index is -0.228. The Balaban J connectivity index is 2.34. The van der Waals surface area contributed by atoms with Gasteiger partial charge in [0.2, 0.25) is 0 Å². The monoisotopic (exact) mass is 227 g/mol. The molecule has 0 amide bonds. The third kappa shape index (κ3) is 3.46. The Morgan fingerprint density at radius 1 is 1.38 bits per heavy atom. The lowest BCUT2D eigenvalue weighted by atomic mass is 9.82. The third-order valence-corrected chi connectivity index (χ3v) is 4.73. The second kappa shape index (κ2) is 6.02. The van der Waals surface area contributed by atoms with Crippen molar-refractivity contribution in [2.24, 2.45) is 11.3 Å². The molecule has 1 rings (SSSR count). The van der Waals surface area contributed by atoms with Crippen LogP contribution in [0.1, 0.15) is 59.8 Å². The standard InChI is InChI=1S/C14H29NO/c1-5-12-7-8-13(9-12)15-10-14(4,6-2)11(3)16/h11-13,15-16H,5-10H2,1-4H3. The van der Waals surface area contributed by atoms with Crippen molar-refractivity contribution in [1.29, 1.82) is 0 Å². The highest BCUT2D eigenvalue weighted by Gasteiger charge is 2.30. The fourth-order valence-electron chi connectivity index (χ4n) is 2.58. The summed E-state index contributed by atoms with van der Waals surface area (Å²) in [6.45, 7) is 9.49. The van der Waals surface area contributed by atoms with Crippen molar-refractivity contribution in [2.45, 2.75) is 71.9 Å². The molecule has 1 aliphatic rings. The molecule has 1 saturated carbocycles. The van der Waals surface area contributed by atoms with Gasteiger partial charge in [0.1, 0.15) is 0 Å². The molecular weight excluding hydrogens is 198 g/mol. The molecule has 0 heterocycles. The second-order valence-electron chi connectivity index (χ2n) is 5.85. The van der Waals surface area contributed by atoms with Crippen LogP contribution in [-0.2, 0) is 0 Å². The summed E-state index contributed by atoms with van der Waals surface area (Å²) in [4.78, 5) is 0. The molecule has 2 N–H and O–H groups in total. The van der Waals surface area contributed by atoms with Crippen LogP contribution in [0.3, 0.4) is 0 Å². The first-order valence-corrected chi connectivity index (χ1v) is 6.93. The topological polar surface area (TPSA) is 32.3 Å². The predicted molar refractivity (Wildman–Crippen MR) is 69.5 cm³/mol. The van der Waals surface area contributed by atoms with Gasteiger partial charge in [-0.15, -0.1) is 0 Å². The van der Waals surface area contributed by atoms with Crippen molar-refractivity contribution >= 4 is 0 Å². The Hall–Kier alpha value is -0.0800. The molecule has 0 bridgehead atoms. The molecule has 4 unspecified atom stereocenters. The highest BCUT2D eigenvalue weighted by Crippen LogP contribution is 2.30. The van der Waals surface area contributed by atoms with E-state index < -0.39 is 0 Å². The van der Waals surface area contributed by atoms with Crippen LogP contribution in [0, 0.1) is 11.3 Å². The fourth-order valence-corrected chi connectivity index (χ4v) is 2.58. The van der Waals surface area contributed by atoms with Crippen LogP contribution in [0.4, 0.5) is 0 Å². The summed E-state index contributed by atoms with van der Waals surface area (Å²) >= 11 is 0.